The molecule has 118 valence electrons. The van der Waals surface area contributed by atoms with Crippen molar-refractivity contribution in [3.63, 3.8) is 0 Å². The molecule has 0 atom stereocenters. The van der Waals surface area contributed by atoms with Crippen LogP contribution in [0.25, 0.3) is 0 Å². The van der Waals surface area contributed by atoms with E-state index in [1.165, 1.54) is 4.31 Å². The fourth-order valence-electron chi connectivity index (χ4n) is 2.93. The first kappa shape index (κ1) is 15.2. The van der Waals surface area contributed by atoms with Crippen LogP contribution >= 0.6 is 0 Å². The van der Waals surface area contributed by atoms with Gasteiger partial charge in [-0.1, -0.05) is 24.3 Å². The van der Waals surface area contributed by atoms with Crippen molar-refractivity contribution in [2.45, 2.75) is 24.2 Å². The van der Waals surface area contributed by atoms with E-state index >= 15 is 0 Å². The third-order valence-corrected chi connectivity index (χ3v) is 6.10. The van der Waals surface area contributed by atoms with Crippen molar-refractivity contribution in [1.82, 2.24) is 9.21 Å². The molecule has 0 aromatic heterocycles. The van der Waals surface area contributed by atoms with Gasteiger partial charge in [0.15, 0.2) is 0 Å². The molecule has 1 fully saturated rings. The highest BCUT2D eigenvalue weighted by atomic mass is 32.2. The van der Waals surface area contributed by atoms with E-state index in [4.69, 9.17) is 0 Å². The Morgan fingerprint density at radius 3 is 2.27 bits per heavy atom. The highest BCUT2D eigenvalue weighted by Crippen LogP contribution is 2.22. The maximum Gasteiger partial charge on any atom is 0.249 e. The Balaban J connectivity index is 1.72. The first-order valence-corrected chi connectivity index (χ1v) is 9.06. The molecule has 2 aliphatic rings. The topological polar surface area (TPSA) is 57.7 Å². The Morgan fingerprint density at radius 1 is 1.00 bits per heavy atom. The van der Waals surface area contributed by atoms with E-state index in [2.05, 4.69) is 0 Å². The van der Waals surface area contributed by atoms with E-state index in [1.807, 2.05) is 4.90 Å². The summed E-state index contributed by atoms with van der Waals surface area (Å²) >= 11 is 0. The molecule has 1 aromatic carbocycles. The van der Waals surface area contributed by atoms with Gasteiger partial charge in [0, 0.05) is 31.8 Å². The van der Waals surface area contributed by atoms with Crippen LogP contribution in [0.1, 0.15) is 19.3 Å². The molecule has 5 nitrogen and oxygen atoms in total. The van der Waals surface area contributed by atoms with Crippen LogP contribution < -0.4 is 0 Å². The average Bonchev–Trinajstić information content (AvgIpc) is 3.09. The highest BCUT2D eigenvalue weighted by molar-refractivity contribution is 7.89. The van der Waals surface area contributed by atoms with Gasteiger partial charge in [-0.3, -0.25) is 4.79 Å². The number of benzene rings is 1. The fourth-order valence-corrected chi connectivity index (χ4v) is 4.33. The lowest BCUT2D eigenvalue weighted by atomic mass is 10.1. The van der Waals surface area contributed by atoms with Crippen molar-refractivity contribution in [1.29, 1.82) is 0 Å². The lowest BCUT2D eigenvalue weighted by Crippen LogP contribution is -2.38. The Morgan fingerprint density at radius 2 is 1.68 bits per heavy atom. The van der Waals surface area contributed by atoms with E-state index in [9.17, 15) is 13.2 Å². The monoisotopic (exact) mass is 320 g/mol. The van der Waals surface area contributed by atoms with Crippen molar-refractivity contribution < 1.29 is 13.2 Å². The minimum atomic E-state index is -3.47. The maximum absolute atomic E-state index is 12.5. The van der Waals surface area contributed by atoms with Gasteiger partial charge in [-0.25, -0.2) is 8.42 Å². The van der Waals surface area contributed by atoms with Crippen LogP contribution in [0.4, 0.5) is 0 Å². The summed E-state index contributed by atoms with van der Waals surface area (Å²) in [5.74, 6) is 0.0780. The van der Waals surface area contributed by atoms with Gasteiger partial charge in [0.2, 0.25) is 15.9 Å². The van der Waals surface area contributed by atoms with Gasteiger partial charge >= 0.3 is 0 Å². The number of rotatable bonds is 3. The van der Waals surface area contributed by atoms with Gasteiger partial charge in [0.05, 0.1) is 4.90 Å². The molecule has 0 aliphatic carbocycles. The second-order valence-corrected chi connectivity index (χ2v) is 7.59. The Kier molecular flexibility index (Phi) is 4.31. The molecule has 2 heterocycles. The zero-order valence-electron chi connectivity index (χ0n) is 12.4. The smallest absolute Gasteiger partial charge is 0.249 e. The molecule has 22 heavy (non-hydrogen) atoms. The van der Waals surface area contributed by atoms with Crippen LogP contribution in [-0.2, 0) is 14.8 Å². The van der Waals surface area contributed by atoms with Crippen LogP contribution in [0.15, 0.2) is 46.9 Å². The number of carbonyl (C=O) groups excluding carboxylic acids is 1. The molecular weight excluding hydrogens is 300 g/mol. The third kappa shape index (κ3) is 2.94. The predicted octanol–water partition coefficient (Wildman–Crippen LogP) is 1.63. The summed E-state index contributed by atoms with van der Waals surface area (Å²) in [4.78, 5) is 14.5. The number of nitrogens with zero attached hydrogens (tertiary/aromatic N) is 2. The molecule has 1 aromatic rings. The second kappa shape index (κ2) is 6.22. The summed E-state index contributed by atoms with van der Waals surface area (Å²) in [7, 11) is -3.47. The van der Waals surface area contributed by atoms with Gasteiger partial charge in [0.1, 0.15) is 0 Å². The summed E-state index contributed by atoms with van der Waals surface area (Å²) in [6, 6.07) is 8.43. The Bertz CT molecular complexity index is 677. The minimum Gasteiger partial charge on any atom is -0.339 e. The first-order valence-electron chi connectivity index (χ1n) is 7.62. The van der Waals surface area contributed by atoms with E-state index in [0.29, 0.717) is 17.9 Å². The van der Waals surface area contributed by atoms with Gasteiger partial charge < -0.3 is 4.90 Å². The molecule has 0 radical (unpaired) electrons. The normalized spacial score (nSPS) is 20.0. The fraction of sp³-hybridized carbons (Fsp3) is 0.438. The summed E-state index contributed by atoms with van der Waals surface area (Å²) in [6.45, 7) is 2.28. The molecule has 0 bridgehead atoms. The van der Waals surface area contributed by atoms with Crippen molar-refractivity contribution in [3.8, 4) is 0 Å². The third-order valence-electron chi connectivity index (χ3n) is 4.22. The average molecular weight is 320 g/mol. The first-order chi connectivity index (χ1) is 10.6. The number of hydrogen-bond acceptors (Lipinski definition) is 3. The van der Waals surface area contributed by atoms with Crippen LogP contribution in [0.3, 0.4) is 0 Å². The van der Waals surface area contributed by atoms with Gasteiger partial charge in [-0.05, 0) is 31.4 Å². The summed E-state index contributed by atoms with van der Waals surface area (Å²) in [6.07, 6.45) is 4.38. The molecule has 0 spiro atoms. The Labute approximate surface area is 131 Å². The predicted molar refractivity (Wildman–Crippen MR) is 83.7 cm³/mol. The molecule has 2 aliphatic heterocycles. The molecule has 1 saturated heterocycles. The number of sulfonamides is 1. The van der Waals surface area contributed by atoms with E-state index in [-0.39, 0.29) is 12.5 Å². The molecule has 0 unspecified atom stereocenters. The SMILES string of the molecule is O=C(C1=CCN(S(=O)(=O)c2ccccc2)CC1)N1CCCC1. The molecule has 0 saturated carbocycles. The maximum atomic E-state index is 12.5. The number of carbonyl (C=O) groups is 1. The van der Waals surface area contributed by atoms with Crippen LogP contribution in [-0.4, -0.2) is 49.7 Å². The number of amides is 1. The van der Waals surface area contributed by atoms with Gasteiger partial charge in [0.25, 0.3) is 0 Å². The van der Waals surface area contributed by atoms with E-state index in [1.54, 1.807) is 36.4 Å². The highest BCUT2D eigenvalue weighted by Gasteiger charge is 2.29. The van der Waals surface area contributed by atoms with Crippen molar-refractivity contribution in [2.75, 3.05) is 26.2 Å². The lowest BCUT2D eigenvalue weighted by molar-refractivity contribution is -0.126. The minimum absolute atomic E-state index is 0.0780. The number of likely N-dealkylation sites (tertiary alicyclic amines) is 1. The zero-order valence-corrected chi connectivity index (χ0v) is 13.3. The van der Waals surface area contributed by atoms with Crippen molar-refractivity contribution in [3.05, 3.63) is 42.0 Å². The van der Waals surface area contributed by atoms with Crippen LogP contribution in [0.5, 0.6) is 0 Å². The standard InChI is InChI=1S/C16H20N2O3S/c19-16(17-10-4-5-11-17)14-8-12-18(13-9-14)22(20,21)15-6-2-1-3-7-15/h1-3,6-8H,4-5,9-13H2. The lowest BCUT2D eigenvalue weighted by Gasteiger charge is -2.27. The largest absolute Gasteiger partial charge is 0.339 e. The van der Waals surface area contributed by atoms with Gasteiger partial charge in [-0.2, -0.15) is 4.31 Å². The van der Waals surface area contributed by atoms with E-state index in [0.717, 1.165) is 31.5 Å². The van der Waals surface area contributed by atoms with E-state index < -0.39 is 10.0 Å². The van der Waals surface area contributed by atoms with Gasteiger partial charge in [-0.15, -0.1) is 0 Å². The zero-order chi connectivity index (χ0) is 15.6. The second-order valence-electron chi connectivity index (χ2n) is 5.65. The molecule has 0 N–H and O–H groups in total. The van der Waals surface area contributed by atoms with Crippen molar-refractivity contribution in [2.24, 2.45) is 0 Å². The summed E-state index contributed by atoms with van der Waals surface area (Å²) in [5.41, 5.74) is 0.751. The number of hydrogen-bond donors (Lipinski definition) is 0. The molecule has 3 rings (SSSR count). The van der Waals surface area contributed by atoms with Crippen LogP contribution in [0, 0.1) is 0 Å². The summed E-state index contributed by atoms with van der Waals surface area (Å²) in [5, 5.41) is 0. The van der Waals surface area contributed by atoms with Crippen molar-refractivity contribution >= 4 is 15.9 Å². The molecule has 1 amide bonds. The molecular formula is C16H20N2O3S. The summed E-state index contributed by atoms with van der Waals surface area (Å²) < 4.78 is 26.5. The van der Waals surface area contributed by atoms with Crippen LogP contribution in [0.2, 0.25) is 0 Å². The quantitative estimate of drug-likeness (QED) is 0.850. The molecule has 6 heteroatoms. The Hall–Kier alpha value is -1.66.